The SMILES string of the molecule is CC(=O)n1cc(C=O)c2c(Cl)cccc21. The zero-order valence-corrected chi connectivity index (χ0v) is 8.78. The number of rotatable bonds is 1. The molecule has 1 heterocycles. The lowest BCUT2D eigenvalue weighted by Crippen LogP contribution is -2.02. The minimum Gasteiger partial charge on any atom is -0.298 e. The Balaban J connectivity index is 2.93. The van der Waals surface area contributed by atoms with Crippen LogP contribution in [0.4, 0.5) is 0 Å². The molecule has 1 aromatic heterocycles. The average molecular weight is 222 g/mol. The highest BCUT2D eigenvalue weighted by atomic mass is 35.5. The number of aromatic nitrogens is 1. The monoisotopic (exact) mass is 221 g/mol. The molecule has 0 aliphatic rings. The molecule has 0 saturated heterocycles. The third-order valence-corrected chi connectivity index (χ3v) is 2.59. The second-order valence-corrected chi connectivity index (χ2v) is 3.63. The molecular formula is C11H8ClNO2. The molecule has 4 heteroatoms. The summed E-state index contributed by atoms with van der Waals surface area (Å²) in [7, 11) is 0. The molecule has 2 aromatic rings. The van der Waals surface area contributed by atoms with Gasteiger partial charge in [0.15, 0.2) is 6.29 Å². The van der Waals surface area contributed by atoms with E-state index in [4.69, 9.17) is 11.6 Å². The Kier molecular flexibility index (Phi) is 2.32. The van der Waals surface area contributed by atoms with Gasteiger partial charge >= 0.3 is 0 Å². The Morgan fingerprint density at radius 2 is 2.20 bits per heavy atom. The van der Waals surface area contributed by atoms with Gasteiger partial charge in [-0.15, -0.1) is 0 Å². The number of hydrogen-bond donors (Lipinski definition) is 0. The normalized spacial score (nSPS) is 10.5. The van der Waals surface area contributed by atoms with E-state index in [1.165, 1.54) is 17.7 Å². The van der Waals surface area contributed by atoms with Crippen molar-refractivity contribution < 1.29 is 9.59 Å². The van der Waals surface area contributed by atoms with Crippen molar-refractivity contribution in [1.29, 1.82) is 0 Å². The Hall–Kier alpha value is -1.61. The highest BCUT2D eigenvalue weighted by Gasteiger charge is 2.12. The zero-order valence-electron chi connectivity index (χ0n) is 8.03. The predicted molar refractivity (Wildman–Crippen MR) is 58.6 cm³/mol. The number of nitrogens with zero attached hydrogens (tertiary/aromatic N) is 1. The van der Waals surface area contributed by atoms with Gasteiger partial charge in [-0.2, -0.15) is 0 Å². The summed E-state index contributed by atoms with van der Waals surface area (Å²) in [6.07, 6.45) is 2.21. The van der Waals surface area contributed by atoms with E-state index in [2.05, 4.69) is 0 Å². The van der Waals surface area contributed by atoms with Crippen LogP contribution < -0.4 is 0 Å². The first-order chi connectivity index (χ1) is 7.15. The summed E-state index contributed by atoms with van der Waals surface area (Å²) in [5.74, 6) is -0.143. The van der Waals surface area contributed by atoms with Crippen LogP contribution >= 0.6 is 11.6 Å². The molecule has 3 nitrogen and oxygen atoms in total. The van der Waals surface area contributed by atoms with Crippen LogP contribution in [0.2, 0.25) is 5.02 Å². The Morgan fingerprint density at radius 3 is 2.80 bits per heavy atom. The fourth-order valence-corrected chi connectivity index (χ4v) is 1.90. The van der Waals surface area contributed by atoms with Gasteiger partial charge < -0.3 is 0 Å². The topological polar surface area (TPSA) is 39.1 Å². The average Bonchev–Trinajstić information content (AvgIpc) is 2.58. The molecule has 0 aliphatic carbocycles. The molecule has 0 bridgehead atoms. The second-order valence-electron chi connectivity index (χ2n) is 3.23. The molecule has 1 aromatic carbocycles. The first-order valence-corrected chi connectivity index (χ1v) is 4.78. The number of hydrogen-bond acceptors (Lipinski definition) is 2. The van der Waals surface area contributed by atoms with Gasteiger partial charge in [0.05, 0.1) is 10.5 Å². The van der Waals surface area contributed by atoms with Gasteiger partial charge in [-0.1, -0.05) is 17.7 Å². The summed E-state index contributed by atoms with van der Waals surface area (Å²) in [6, 6.07) is 5.20. The smallest absolute Gasteiger partial charge is 0.227 e. The van der Waals surface area contributed by atoms with Crippen LogP contribution in [0.5, 0.6) is 0 Å². The van der Waals surface area contributed by atoms with Crippen LogP contribution in [0.25, 0.3) is 10.9 Å². The van der Waals surface area contributed by atoms with Crippen molar-refractivity contribution in [3.63, 3.8) is 0 Å². The minimum atomic E-state index is -0.143. The van der Waals surface area contributed by atoms with Crippen molar-refractivity contribution in [3.8, 4) is 0 Å². The van der Waals surface area contributed by atoms with Crippen molar-refractivity contribution in [2.75, 3.05) is 0 Å². The number of halogens is 1. The molecule has 76 valence electrons. The van der Waals surface area contributed by atoms with Crippen LogP contribution in [0.15, 0.2) is 24.4 Å². The Morgan fingerprint density at radius 1 is 1.47 bits per heavy atom. The van der Waals surface area contributed by atoms with Crippen LogP contribution in [-0.4, -0.2) is 16.8 Å². The third kappa shape index (κ3) is 1.45. The summed E-state index contributed by atoms with van der Waals surface area (Å²) in [6.45, 7) is 1.44. The lowest BCUT2D eigenvalue weighted by atomic mass is 10.2. The van der Waals surface area contributed by atoms with E-state index in [1.54, 1.807) is 18.2 Å². The number of aldehydes is 1. The molecule has 15 heavy (non-hydrogen) atoms. The molecule has 0 atom stereocenters. The quantitative estimate of drug-likeness (QED) is 0.695. The van der Waals surface area contributed by atoms with E-state index in [-0.39, 0.29) is 5.91 Å². The summed E-state index contributed by atoms with van der Waals surface area (Å²) in [4.78, 5) is 22.1. The molecule has 0 radical (unpaired) electrons. The van der Waals surface area contributed by atoms with Crippen LogP contribution in [-0.2, 0) is 0 Å². The first-order valence-electron chi connectivity index (χ1n) is 4.41. The molecule has 2 rings (SSSR count). The van der Waals surface area contributed by atoms with E-state index < -0.39 is 0 Å². The first kappa shape index (κ1) is 9.93. The fraction of sp³-hybridized carbons (Fsp3) is 0.0909. The predicted octanol–water partition coefficient (Wildman–Crippen LogP) is 2.77. The molecule has 0 aliphatic heterocycles. The molecule has 0 unspecified atom stereocenters. The largest absolute Gasteiger partial charge is 0.298 e. The van der Waals surface area contributed by atoms with Gasteiger partial charge in [-0.25, -0.2) is 0 Å². The van der Waals surface area contributed by atoms with Gasteiger partial charge in [0.25, 0.3) is 0 Å². The minimum absolute atomic E-state index is 0.143. The molecule has 0 fully saturated rings. The summed E-state index contributed by atoms with van der Waals surface area (Å²) < 4.78 is 1.42. The molecule has 0 N–H and O–H groups in total. The third-order valence-electron chi connectivity index (χ3n) is 2.27. The van der Waals surface area contributed by atoms with Crippen molar-refractivity contribution in [3.05, 3.63) is 35.0 Å². The van der Waals surface area contributed by atoms with E-state index in [0.717, 1.165) is 0 Å². The highest BCUT2D eigenvalue weighted by molar-refractivity contribution is 6.36. The van der Waals surface area contributed by atoms with Gasteiger partial charge in [0.2, 0.25) is 5.91 Å². The van der Waals surface area contributed by atoms with Gasteiger partial charge in [-0.3, -0.25) is 14.2 Å². The Labute approximate surface area is 91.3 Å². The van der Waals surface area contributed by atoms with Gasteiger partial charge in [0.1, 0.15) is 0 Å². The number of carbonyl (C=O) groups excluding carboxylic acids is 2. The lowest BCUT2D eigenvalue weighted by Gasteiger charge is -1.98. The maximum Gasteiger partial charge on any atom is 0.227 e. The highest BCUT2D eigenvalue weighted by Crippen LogP contribution is 2.27. The molecular weight excluding hydrogens is 214 g/mol. The van der Waals surface area contributed by atoms with Crippen molar-refractivity contribution in [2.45, 2.75) is 6.92 Å². The van der Waals surface area contributed by atoms with Crippen LogP contribution in [0.3, 0.4) is 0 Å². The van der Waals surface area contributed by atoms with E-state index in [9.17, 15) is 9.59 Å². The van der Waals surface area contributed by atoms with E-state index in [0.29, 0.717) is 27.8 Å². The van der Waals surface area contributed by atoms with Crippen LogP contribution in [0, 0.1) is 0 Å². The summed E-state index contributed by atoms with van der Waals surface area (Å²) >= 11 is 5.98. The summed E-state index contributed by atoms with van der Waals surface area (Å²) in [5, 5.41) is 1.11. The molecule has 0 saturated carbocycles. The van der Waals surface area contributed by atoms with Gasteiger partial charge in [-0.05, 0) is 12.1 Å². The lowest BCUT2D eigenvalue weighted by molar-refractivity contribution is 0.0941. The Bertz CT molecular complexity index is 557. The standard InChI is InChI=1S/C11H8ClNO2/c1-7(15)13-5-8(6-14)11-9(12)3-2-4-10(11)13/h2-6H,1H3. The maximum atomic E-state index is 11.3. The number of benzene rings is 1. The number of fused-ring (bicyclic) bond motifs is 1. The van der Waals surface area contributed by atoms with Crippen molar-refractivity contribution >= 4 is 34.7 Å². The van der Waals surface area contributed by atoms with E-state index >= 15 is 0 Å². The van der Waals surface area contributed by atoms with Gasteiger partial charge in [0, 0.05) is 24.1 Å². The zero-order chi connectivity index (χ0) is 11.0. The van der Waals surface area contributed by atoms with Crippen molar-refractivity contribution in [1.82, 2.24) is 4.57 Å². The number of carbonyl (C=O) groups is 2. The molecule has 0 spiro atoms. The fourth-order valence-electron chi connectivity index (χ4n) is 1.62. The maximum absolute atomic E-state index is 11.3. The van der Waals surface area contributed by atoms with Crippen LogP contribution in [0.1, 0.15) is 22.1 Å². The second kappa shape index (κ2) is 3.51. The van der Waals surface area contributed by atoms with E-state index in [1.807, 2.05) is 0 Å². The molecule has 0 amide bonds. The summed E-state index contributed by atoms with van der Waals surface area (Å²) in [5.41, 5.74) is 1.10. The van der Waals surface area contributed by atoms with Crippen molar-refractivity contribution in [2.24, 2.45) is 0 Å².